The summed E-state index contributed by atoms with van der Waals surface area (Å²) in [6, 6.07) is 13.4. The molecule has 0 saturated heterocycles. The molecule has 19 heavy (non-hydrogen) atoms. The molecule has 100 valence electrons. The van der Waals surface area contributed by atoms with Gasteiger partial charge in [-0.2, -0.15) is 0 Å². The van der Waals surface area contributed by atoms with Crippen molar-refractivity contribution >= 4 is 0 Å². The molecule has 0 saturated carbocycles. The predicted molar refractivity (Wildman–Crippen MR) is 76.6 cm³/mol. The molecular weight excluding hydrogens is 238 g/mol. The lowest BCUT2D eigenvalue weighted by atomic mass is 10.3. The third-order valence-electron chi connectivity index (χ3n) is 2.96. The average molecular weight is 257 g/mol. The number of ether oxygens (including phenoxy) is 1. The van der Waals surface area contributed by atoms with Gasteiger partial charge in [-0.15, -0.1) is 0 Å². The second kappa shape index (κ2) is 6.78. The van der Waals surface area contributed by atoms with Crippen LogP contribution in [0.25, 0.3) is 0 Å². The fourth-order valence-corrected chi connectivity index (χ4v) is 1.88. The number of pyridine rings is 1. The molecule has 0 unspecified atom stereocenters. The maximum absolute atomic E-state index is 11.7. The van der Waals surface area contributed by atoms with Crippen molar-refractivity contribution in [3.63, 3.8) is 0 Å². The molecule has 1 aromatic heterocycles. The minimum absolute atomic E-state index is 0.0731. The van der Waals surface area contributed by atoms with Crippen molar-refractivity contribution in [2.24, 2.45) is 0 Å². The standard InChI is InChI=1S/C16H19NO2/c1-14-9-11-17(16(18)13-14)10-5-6-12-19-15-7-3-2-4-8-15/h2-4,7-9,11,13H,5-6,10,12H2,1H3. The van der Waals surface area contributed by atoms with E-state index in [9.17, 15) is 4.79 Å². The van der Waals surface area contributed by atoms with Crippen molar-refractivity contribution in [2.75, 3.05) is 6.61 Å². The quantitative estimate of drug-likeness (QED) is 0.745. The summed E-state index contributed by atoms with van der Waals surface area (Å²) < 4.78 is 7.35. The summed E-state index contributed by atoms with van der Waals surface area (Å²) in [5, 5.41) is 0. The number of hydrogen-bond acceptors (Lipinski definition) is 2. The van der Waals surface area contributed by atoms with Gasteiger partial charge in [-0.3, -0.25) is 4.79 Å². The van der Waals surface area contributed by atoms with E-state index in [4.69, 9.17) is 4.74 Å². The average Bonchev–Trinajstić information content (AvgIpc) is 2.42. The van der Waals surface area contributed by atoms with Crippen molar-refractivity contribution in [1.29, 1.82) is 0 Å². The first-order chi connectivity index (χ1) is 9.25. The molecule has 0 aliphatic carbocycles. The smallest absolute Gasteiger partial charge is 0.250 e. The van der Waals surface area contributed by atoms with Gasteiger partial charge in [0.2, 0.25) is 0 Å². The third-order valence-corrected chi connectivity index (χ3v) is 2.96. The van der Waals surface area contributed by atoms with Crippen LogP contribution in [0.4, 0.5) is 0 Å². The van der Waals surface area contributed by atoms with E-state index in [2.05, 4.69) is 0 Å². The topological polar surface area (TPSA) is 31.2 Å². The molecule has 0 aliphatic rings. The van der Waals surface area contributed by atoms with Crippen LogP contribution in [0.5, 0.6) is 5.75 Å². The Morgan fingerprint density at radius 2 is 1.89 bits per heavy atom. The van der Waals surface area contributed by atoms with Crippen LogP contribution in [0, 0.1) is 6.92 Å². The predicted octanol–water partition coefficient (Wildman–Crippen LogP) is 3.02. The number of para-hydroxylation sites is 1. The zero-order valence-electron chi connectivity index (χ0n) is 11.2. The van der Waals surface area contributed by atoms with E-state index < -0.39 is 0 Å². The molecule has 0 atom stereocenters. The Morgan fingerprint density at radius 3 is 2.63 bits per heavy atom. The van der Waals surface area contributed by atoms with E-state index in [1.165, 1.54) is 0 Å². The van der Waals surface area contributed by atoms with Crippen molar-refractivity contribution < 1.29 is 4.74 Å². The fourth-order valence-electron chi connectivity index (χ4n) is 1.88. The monoisotopic (exact) mass is 257 g/mol. The minimum atomic E-state index is 0.0731. The number of nitrogens with zero attached hydrogens (tertiary/aromatic N) is 1. The summed E-state index contributed by atoms with van der Waals surface area (Å²) in [5.74, 6) is 0.898. The molecule has 0 spiro atoms. The number of benzene rings is 1. The summed E-state index contributed by atoms with van der Waals surface area (Å²) in [4.78, 5) is 11.7. The normalized spacial score (nSPS) is 10.4. The molecule has 0 N–H and O–H groups in total. The van der Waals surface area contributed by atoms with Gasteiger partial charge in [0.15, 0.2) is 0 Å². The number of aromatic nitrogens is 1. The first-order valence-corrected chi connectivity index (χ1v) is 6.60. The lowest BCUT2D eigenvalue weighted by Crippen LogP contribution is -2.19. The second-order valence-corrected chi connectivity index (χ2v) is 4.60. The van der Waals surface area contributed by atoms with E-state index in [1.807, 2.05) is 49.5 Å². The van der Waals surface area contributed by atoms with E-state index >= 15 is 0 Å². The molecule has 0 aliphatic heterocycles. The molecule has 2 aromatic rings. The molecule has 2 rings (SSSR count). The van der Waals surface area contributed by atoms with E-state index in [1.54, 1.807) is 10.6 Å². The zero-order valence-corrected chi connectivity index (χ0v) is 11.2. The number of rotatable bonds is 6. The lowest BCUT2D eigenvalue weighted by Gasteiger charge is -2.07. The molecule has 0 amide bonds. The Bertz CT molecular complexity index is 560. The molecule has 0 bridgehead atoms. The Kier molecular flexibility index (Phi) is 4.78. The van der Waals surface area contributed by atoms with E-state index in [-0.39, 0.29) is 5.56 Å². The highest BCUT2D eigenvalue weighted by Crippen LogP contribution is 2.08. The van der Waals surface area contributed by atoms with Crippen LogP contribution in [0.2, 0.25) is 0 Å². The van der Waals surface area contributed by atoms with Crippen LogP contribution in [-0.4, -0.2) is 11.2 Å². The summed E-state index contributed by atoms with van der Waals surface area (Å²) in [6.07, 6.45) is 3.74. The molecule has 0 radical (unpaired) electrons. The molecule has 3 heteroatoms. The number of unbranched alkanes of at least 4 members (excludes halogenated alkanes) is 1. The Morgan fingerprint density at radius 1 is 1.11 bits per heavy atom. The van der Waals surface area contributed by atoms with Crippen molar-refractivity contribution in [2.45, 2.75) is 26.3 Å². The maximum Gasteiger partial charge on any atom is 0.250 e. The SMILES string of the molecule is Cc1ccn(CCCCOc2ccccc2)c(=O)c1. The van der Waals surface area contributed by atoms with Gasteiger partial charge in [-0.1, -0.05) is 18.2 Å². The minimum Gasteiger partial charge on any atom is -0.494 e. The Hall–Kier alpha value is -2.03. The van der Waals surface area contributed by atoms with E-state index in [0.29, 0.717) is 6.61 Å². The number of hydrogen-bond donors (Lipinski definition) is 0. The van der Waals surface area contributed by atoms with Gasteiger partial charge in [0, 0.05) is 18.8 Å². The van der Waals surface area contributed by atoms with Crippen LogP contribution in [0.3, 0.4) is 0 Å². The van der Waals surface area contributed by atoms with Crippen molar-refractivity contribution in [1.82, 2.24) is 4.57 Å². The zero-order chi connectivity index (χ0) is 13.5. The van der Waals surface area contributed by atoms with Crippen LogP contribution in [-0.2, 0) is 6.54 Å². The van der Waals surface area contributed by atoms with Gasteiger partial charge in [-0.05, 0) is 43.5 Å². The van der Waals surface area contributed by atoms with Gasteiger partial charge in [0.05, 0.1) is 6.61 Å². The van der Waals surface area contributed by atoms with Crippen molar-refractivity contribution in [3.8, 4) is 5.75 Å². The molecule has 1 aromatic carbocycles. The van der Waals surface area contributed by atoms with E-state index in [0.717, 1.165) is 30.7 Å². The Balaban J connectivity index is 1.71. The Labute approximate surface area is 113 Å². The highest BCUT2D eigenvalue weighted by atomic mass is 16.5. The molecule has 0 fully saturated rings. The lowest BCUT2D eigenvalue weighted by molar-refractivity contribution is 0.303. The van der Waals surface area contributed by atoms with Gasteiger partial charge in [-0.25, -0.2) is 0 Å². The largest absolute Gasteiger partial charge is 0.494 e. The fraction of sp³-hybridized carbons (Fsp3) is 0.312. The van der Waals surface area contributed by atoms with Crippen molar-refractivity contribution in [3.05, 3.63) is 64.6 Å². The summed E-state index contributed by atoms with van der Waals surface area (Å²) >= 11 is 0. The maximum atomic E-state index is 11.7. The molecule has 1 heterocycles. The van der Waals surface area contributed by atoms with Gasteiger partial charge >= 0.3 is 0 Å². The van der Waals surface area contributed by atoms with Crippen LogP contribution < -0.4 is 10.3 Å². The van der Waals surface area contributed by atoms with Gasteiger partial charge in [0.25, 0.3) is 5.56 Å². The van der Waals surface area contributed by atoms with Gasteiger partial charge < -0.3 is 9.30 Å². The van der Waals surface area contributed by atoms with Crippen LogP contribution in [0.15, 0.2) is 53.5 Å². The second-order valence-electron chi connectivity index (χ2n) is 4.60. The summed E-state index contributed by atoms with van der Waals surface area (Å²) in [6.45, 7) is 3.36. The van der Waals surface area contributed by atoms with Crippen LogP contribution in [0.1, 0.15) is 18.4 Å². The summed E-state index contributed by atoms with van der Waals surface area (Å²) in [5.41, 5.74) is 1.08. The highest BCUT2D eigenvalue weighted by Gasteiger charge is 1.97. The first kappa shape index (κ1) is 13.4. The summed E-state index contributed by atoms with van der Waals surface area (Å²) in [7, 11) is 0. The molecular formula is C16H19NO2. The highest BCUT2D eigenvalue weighted by molar-refractivity contribution is 5.20. The number of aryl methyl sites for hydroxylation is 2. The third kappa shape index (κ3) is 4.28. The molecule has 3 nitrogen and oxygen atoms in total. The van der Waals surface area contributed by atoms with Crippen LogP contribution >= 0.6 is 0 Å². The van der Waals surface area contributed by atoms with Gasteiger partial charge in [0.1, 0.15) is 5.75 Å². The first-order valence-electron chi connectivity index (χ1n) is 6.60.